The largest absolute Gasteiger partial charge is 0.327 e. The minimum absolute atomic E-state index is 0.263. The lowest BCUT2D eigenvalue weighted by Gasteiger charge is -2.21. The summed E-state index contributed by atoms with van der Waals surface area (Å²) in [5.41, 5.74) is 2.82. The van der Waals surface area contributed by atoms with Gasteiger partial charge in [-0.15, -0.1) is 0 Å². The van der Waals surface area contributed by atoms with Crippen LogP contribution in [-0.4, -0.2) is 47.8 Å². The Labute approximate surface area is 184 Å². The smallest absolute Gasteiger partial charge is 0.242 e. The number of imidazole rings is 1. The number of benzene rings is 2. The summed E-state index contributed by atoms with van der Waals surface area (Å²) < 4.78 is 28.5. The second kappa shape index (κ2) is 9.47. The van der Waals surface area contributed by atoms with Crippen LogP contribution in [0, 0.1) is 0 Å². The lowest BCUT2D eigenvalue weighted by molar-refractivity contribution is 0.260. The minimum atomic E-state index is -3.50. The number of aromatic nitrogens is 2. The molecule has 0 saturated heterocycles. The van der Waals surface area contributed by atoms with Gasteiger partial charge in [-0.05, 0) is 48.9 Å². The van der Waals surface area contributed by atoms with Gasteiger partial charge in [-0.25, -0.2) is 17.7 Å². The summed E-state index contributed by atoms with van der Waals surface area (Å²) in [6, 6.07) is 13.1. The highest BCUT2D eigenvalue weighted by Gasteiger charge is 2.20. The number of rotatable bonds is 9. The molecule has 1 aromatic heterocycles. The van der Waals surface area contributed by atoms with E-state index in [1.807, 2.05) is 24.3 Å². The predicted octanol–water partition coefficient (Wildman–Crippen LogP) is 4.37. The molecule has 0 aliphatic heterocycles. The van der Waals surface area contributed by atoms with Gasteiger partial charge in [0.2, 0.25) is 10.0 Å². The van der Waals surface area contributed by atoms with Crippen molar-refractivity contribution in [2.75, 3.05) is 20.6 Å². The van der Waals surface area contributed by atoms with E-state index < -0.39 is 10.0 Å². The monoisotopic (exact) mass is 448 g/mol. The second-order valence-electron chi connectivity index (χ2n) is 7.55. The molecule has 3 rings (SSSR count). The quantitative estimate of drug-likeness (QED) is 0.487. The van der Waals surface area contributed by atoms with Crippen LogP contribution in [0.2, 0.25) is 5.02 Å². The third-order valence-electron chi connectivity index (χ3n) is 5.13. The van der Waals surface area contributed by atoms with Crippen molar-refractivity contribution in [1.29, 1.82) is 0 Å². The molecule has 3 aromatic rings. The van der Waals surface area contributed by atoms with Crippen molar-refractivity contribution in [3.8, 4) is 0 Å². The van der Waals surface area contributed by atoms with Gasteiger partial charge < -0.3 is 4.57 Å². The van der Waals surface area contributed by atoms with Crippen LogP contribution >= 0.6 is 11.6 Å². The molecule has 1 heterocycles. The molecule has 0 N–H and O–H groups in total. The van der Waals surface area contributed by atoms with E-state index in [0.717, 1.165) is 48.0 Å². The topological polar surface area (TPSA) is 58.4 Å². The Kier molecular flexibility index (Phi) is 7.18. The standard InChI is InChI=1S/C22H29ClN4O2S/c1-5-12-27-21-11-10-19(30(28,29)25(3)4)14-20(21)24-22(27)16-26(6-2)15-17-8-7-9-18(23)13-17/h7-11,13-14H,5-6,12,15-16H2,1-4H3. The highest BCUT2D eigenvalue weighted by Crippen LogP contribution is 2.24. The summed E-state index contributed by atoms with van der Waals surface area (Å²) in [5, 5.41) is 0.733. The van der Waals surface area contributed by atoms with Crippen LogP contribution in [-0.2, 0) is 29.7 Å². The Balaban J connectivity index is 1.96. The third kappa shape index (κ3) is 4.86. The summed E-state index contributed by atoms with van der Waals surface area (Å²) in [6.45, 7) is 7.39. The lowest BCUT2D eigenvalue weighted by atomic mass is 10.2. The van der Waals surface area contributed by atoms with Crippen LogP contribution in [0.15, 0.2) is 47.4 Å². The first-order valence-corrected chi connectivity index (χ1v) is 12.0. The number of fused-ring (bicyclic) bond motifs is 1. The molecule has 0 unspecified atom stereocenters. The van der Waals surface area contributed by atoms with Gasteiger partial charge in [0, 0.05) is 32.2 Å². The zero-order valence-corrected chi connectivity index (χ0v) is 19.5. The van der Waals surface area contributed by atoms with Gasteiger partial charge in [0.05, 0.1) is 22.5 Å². The highest BCUT2D eigenvalue weighted by atomic mass is 35.5. The first-order valence-electron chi connectivity index (χ1n) is 10.1. The fraction of sp³-hybridized carbons (Fsp3) is 0.409. The van der Waals surface area contributed by atoms with E-state index in [2.05, 4.69) is 29.4 Å². The number of nitrogens with zero attached hydrogens (tertiary/aromatic N) is 4. The van der Waals surface area contributed by atoms with Gasteiger partial charge in [0.1, 0.15) is 5.82 Å². The van der Waals surface area contributed by atoms with Crippen molar-refractivity contribution in [2.24, 2.45) is 0 Å². The molecule has 8 heteroatoms. The molecule has 30 heavy (non-hydrogen) atoms. The molecule has 0 amide bonds. The Hall–Kier alpha value is -1.93. The molecule has 0 saturated carbocycles. The molecule has 0 radical (unpaired) electrons. The number of sulfonamides is 1. The maximum absolute atomic E-state index is 12.5. The van der Waals surface area contributed by atoms with Crippen molar-refractivity contribution < 1.29 is 8.42 Å². The predicted molar refractivity (Wildman–Crippen MR) is 122 cm³/mol. The molecule has 0 spiro atoms. The Bertz CT molecular complexity index is 1130. The maximum Gasteiger partial charge on any atom is 0.242 e. The van der Waals surface area contributed by atoms with E-state index in [9.17, 15) is 8.42 Å². The minimum Gasteiger partial charge on any atom is -0.327 e. The van der Waals surface area contributed by atoms with Crippen molar-refractivity contribution in [3.63, 3.8) is 0 Å². The van der Waals surface area contributed by atoms with E-state index >= 15 is 0 Å². The van der Waals surface area contributed by atoms with E-state index in [0.29, 0.717) is 12.1 Å². The summed E-state index contributed by atoms with van der Waals surface area (Å²) in [4.78, 5) is 7.39. The van der Waals surface area contributed by atoms with Crippen molar-refractivity contribution in [2.45, 2.75) is 44.8 Å². The molecule has 0 aliphatic rings. The van der Waals surface area contributed by atoms with Crippen LogP contribution in [0.1, 0.15) is 31.7 Å². The first kappa shape index (κ1) is 22.7. The molecule has 0 bridgehead atoms. The number of halogens is 1. The SMILES string of the molecule is CCCn1c(CN(CC)Cc2cccc(Cl)c2)nc2cc(S(=O)(=O)N(C)C)ccc21. The van der Waals surface area contributed by atoms with Crippen LogP contribution < -0.4 is 0 Å². The normalized spacial score (nSPS) is 12.4. The first-order chi connectivity index (χ1) is 14.3. The third-order valence-corrected chi connectivity index (χ3v) is 7.18. The molecular formula is C22H29ClN4O2S. The fourth-order valence-electron chi connectivity index (χ4n) is 3.50. The molecule has 0 aliphatic carbocycles. The Morgan fingerprint density at radius 1 is 1.07 bits per heavy atom. The van der Waals surface area contributed by atoms with Gasteiger partial charge in [-0.1, -0.05) is 37.6 Å². The number of hydrogen-bond donors (Lipinski definition) is 0. The zero-order chi connectivity index (χ0) is 21.9. The summed E-state index contributed by atoms with van der Waals surface area (Å²) >= 11 is 6.14. The maximum atomic E-state index is 12.5. The Morgan fingerprint density at radius 2 is 1.83 bits per heavy atom. The van der Waals surface area contributed by atoms with Gasteiger partial charge >= 0.3 is 0 Å². The molecule has 162 valence electrons. The molecular weight excluding hydrogens is 420 g/mol. The molecule has 0 fully saturated rings. The number of hydrogen-bond acceptors (Lipinski definition) is 4. The number of aryl methyl sites for hydroxylation is 1. The zero-order valence-electron chi connectivity index (χ0n) is 18.0. The highest BCUT2D eigenvalue weighted by molar-refractivity contribution is 7.89. The van der Waals surface area contributed by atoms with E-state index in [-0.39, 0.29) is 4.90 Å². The summed E-state index contributed by atoms with van der Waals surface area (Å²) in [5.74, 6) is 0.940. The van der Waals surface area contributed by atoms with Crippen LogP contribution in [0.25, 0.3) is 11.0 Å². The van der Waals surface area contributed by atoms with Crippen LogP contribution in [0.5, 0.6) is 0 Å². The average Bonchev–Trinajstić information content (AvgIpc) is 3.04. The van der Waals surface area contributed by atoms with Gasteiger partial charge in [-0.2, -0.15) is 0 Å². The fourth-order valence-corrected chi connectivity index (χ4v) is 4.63. The average molecular weight is 449 g/mol. The Morgan fingerprint density at radius 3 is 2.47 bits per heavy atom. The molecule has 0 atom stereocenters. The van der Waals surface area contributed by atoms with Gasteiger partial charge in [0.25, 0.3) is 0 Å². The second-order valence-corrected chi connectivity index (χ2v) is 10.1. The van der Waals surface area contributed by atoms with Crippen LogP contribution in [0.4, 0.5) is 0 Å². The van der Waals surface area contributed by atoms with Crippen LogP contribution in [0.3, 0.4) is 0 Å². The van der Waals surface area contributed by atoms with E-state index in [4.69, 9.17) is 16.6 Å². The van der Waals surface area contributed by atoms with Crippen molar-refractivity contribution in [1.82, 2.24) is 18.8 Å². The summed E-state index contributed by atoms with van der Waals surface area (Å²) in [6.07, 6.45) is 0.969. The molecule has 6 nitrogen and oxygen atoms in total. The van der Waals surface area contributed by atoms with E-state index in [1.165, 1.54) is 18.4 Å². The van der Waals surface area contributed by atoms with Crippen molar-refractivity contribution >= 4 is 32.7 Å². The lowest BCUT2D eigenvalue weighted by Crippen LogP contribution is -2.24. The van der Waals surface area contributed by atoms with Gasteiger partial charge in [0.15, 0.2) is 0 Å². The van der Waals surface area contributed by atoms with E-state index in [1.54, 1.807) is 12.1 Å². The molecule has 2 aromatic carbocycles. The summed E-state index contributed by atoms with van der Waals surface area (Å²) in [7, 11) is -0.421. The van der Waals surface area contributed by atoms with Crippen molar-refractivity contribution in [3.05, 3.63) is 58.9 Å². The van der Waals surface area contributed by atoms with Gasteiger partial charge in [-0.3, -0.25) is 4.90 Å².